The number of ether oxygens (including phenoxy) is 1. The molecule has 0 unspecified atom stereocenters. The number of aromatic amines is 2. The van der Waals surface area contributed by atoms with Crippen LogP contribution in [0.1, 0.15) is 6.42 Å². The first-order chi connectivity index (χ1) is 11.8. The third-order valence-electron chi connectivity index (χ3n) is 4.15. The van der Waals surface area contributed by atoms with Gasteiger partial charge < -0.3 is 24.9 Å². The molecule has 122 valence electrons. The minimum Gasteiger partial charge on any atom is -0.494 e. The standard InChI is InChI=1S/C19H18N2O3/c22-7-2-8-24-14-5-6-16-13(9-14)10-17(21-16)15-4-1-3-12-11-20-19(23)18(12)15/h1,3-6,9-11,20-23H,2,7-8H2. The second-order valence-corrected chi connectivity index (χ2v) is 5.76. The average molecular weight is 322 g/mol. The number of aromatic nitrogens is 2. The summed E-state index contributed by atoms with van der Waals surface area (Å²) in [6.45, 7) is 0.622. The van der Waals surface area contributed by atoms with Crippen LogP contribution in [0.2, 0.25) is 0 Å². The van der Waals surface area contributed by atoms with E-state index < -0.39 is 0 Å². The number of hydrogen-bond donors (Lipinski definition) is 4. The van der Waals surface area contributed by atoms with Crippen LogP contribution in [0.25, 0.3) is 32.9 Å². The molecule has 4 N–H and O–H groups in total. The summed E-state index contributed by atoms with van der Waals surface area (Å²) in [6.07, 6.45) is 2.41. The predicted molar refractivity (Wildman–Crippen MR) is 94.5 cm³/mol. The van der Waals surface area contributed by atoms with Crippen LogP contribution >= 0.6 is 0 Å². The molecule has 0 aliphatic rings. The minimum absolute atomic E-state index is 0.126. The van der Waals surface area contributed by atoms with Crippen LogP contribution in [0.3, 0.4) is 0 Å². The lowest BCUT2D eigenvalue weighted by molar-refractivity contribution is 0.234. The number of benzene rings is 2. The van der Waals surface area contributed by atoms with Crippen molar-refractivity contribution in [2.45, 2.75) is 6.42 Å². The molecular weight excluding hydrogens is 304 g/mol. The van der Waals surface area contributed by atoms with Gasteiger partial charge in [-0.1, -0.05) is 18.2 Å². The lowest BCUT2D eigenvalue weighted by Gasteiger charge is -2.04. The summed E-state index contributed by atoms with van der Waals surface area (Å²) in [5, 5.41) is 21.7. The number of nitrogens with one attached hydrogen (secondary N) is 2. The summed E-state index contributed by atoms with van der Waals surface area (Å²) in [5.41, 5.74) is 2.90. The van der Waals surface area contributed by atoms with E-state index in [1.807, 2.05) is 36.4 Å². The third kappa shape index (κ3) is 2.49. The normalized spacial score (nSPS) is 11.4. The Hall–Kier alpha value is -2.92. The number of aliphatic hydroxyl groups excluding tert-OH is 1. The van der Waals surface area contributed by atoms with E-state index >= 15 is 0 Å². The molecule has 2 aromatic heterocycles. The molecule has 0 spiro atoms. The topological polar surface area (TPSA) is 81.3 Å². The van der Waals surface area contributed by atoms with Gasteiger partial charge in [-0.05, 0) is 24.3 Å². The molecule has 2 aromatic carbocycles. The van der Waals surface area contributed by atoms with Gasteiger partial charge in [0.15, 0.2) is 5.88 Å². The van der Waals surface area contributed by atoms with Gasteiger partial charge >= 0.3 is 0 Å². The number of aromatic hydroxyl groups is 1. The molecule has 0 aliphatic carbocycles. The van der Waals surface area contributed by atoms with Gasteiger partial charge in [-0.3, -0.25) is 0 Å². The molecule has 0 saturated carbocycles. The molecule has 4 rings (SSSR count). The molecule has 0 fully saturated rings. The Bertz CT molecular complexity index is 1000. The van der Waals surface area contributed by atoms with Gasteiger partial charge in [-0.2, -0.15) is 0 Å². The van der Waals surface area contributed by atoms with Crippen molar-refractivity contribution in [3.63, 3.8) is 0 Å². The molecule has 5 heteroatoms. The van der Waals surface area contributed by atoms with Crippen molar-refractivity contribution >= 4 is 21.7 Å². The van der Waals surface area contributed by atoms with E-state index in [2.05, 4.69) is 16.0 Å². The highest BCUT2D eigenvalue weighted by Gasteiger charge is 2.12. The van der Waals surface area contributed by atoms with Gasteiger partial charge in [0.2, 0.25) is 0 Å². The van der Waals surface area contributed by atoms with Crippen LogP contribution in [0.4, 0.5) is 0 Å². The summed E-state index contributed by atoms with van der Waals surface area (Å²) < 4.78 is 5.63. The number of hydrogen-bond acceptors (Lipinski definition) is 3. The molecule has 0 amide bonds. The van der Waals surface area contributed by atoms with Crippen molar-refractivity contribution < 1.29 is 14.9 Å². The SMILES string of the molecule is OCCCOc1ccc2[nH]c(-c3cccc4c[nH]c(O)c34)cc2c1. The molecule has 0 radical (unpaired) electrons. The minimum atomic E-state index is 0.126. The average Bonchev–Trinajstić information content (AvgIpc) is 3.18. The smallest absolute Gasteiger partial charge is 0.197 e. The van der Waals surface area contributed by atoms with Crippen molar-refractivity contribution in [1.82, 2.24) is 9.97 Å². The zero-order valence-corrected chi connectivity index (χ0v) is 13.0. The number of aliphatic hydroxyl groups is 1. The highest BCUT2D eigenvalue weighted by atomic mass is 16.5. The number of fused-ring (bicyclic) bond motifs is 2. The van der Waals surface area contributed by atoms with Crippen molar-refractivity contribution in [2.75, 3.05) is 13.2 Å². The summed E-state index contributed by atoms with van der Waals surface area (Å²) >= 11 is 0. The Balaban J connectivity index is 1.75. The third-order valence-corrected chi connectivity index (χ3v) is 4.15. The van der Waals surface area contributed by atoms with Crippen molar-refractivity contribution in [2.24, 2.45) is 0 Å². The maximum absolute atomic E-state index is 10.1. The summed E-state index contributed by atoms with van der Waals surface area (Å²) in [7, 11) is 0. The molecule has 0 bridgehead atoms. The molecule has 4 aromatic rings. The lowest BCUT2D eigenvalue weighted by atomic mass is 10.1. The van der Waals surface area contributed by atoms with Crippen LogP contribution in [0, 0.1) is 0 Å². The fourth-order valence-electron chi connectivity index (χ4n) is 3.00. The fraction of sp³-hybridized carbons (Fsp3) is 0.158. The van der Waals surface area contributed by atoms with E-state index in [1.54, 1.807) is 6.20 Å². The van der Waals surface area contributed by atoms with Crippen LogP contribution in [-0.4, -0.2) is 33.4 Å². The monoisotopic (exact) mass is 322 g/mol. The van der Waals surface area contributed by atoms with Crippen LogP contribution < -0.4 is 4.74 Å². The van der Waals surface area contributed by atoms with Gasteiger partial charge in [-0.15, -0.1) is 0 Å². The quantitative estimate of drug-likeness (QED) is 0.422. The van der Waals surface area contributed by atoms with Gasteiger partial charge in [0, 0.05) is 46.8 Å². The van der Waals surface area contributed by atoms with Crippen LogP contribution in [-0.2, 0) is 0 Å². The van der Waals surface area contributed by atoms with Gasteiger partial charge in [0.1, 0.15) is 5.75 Å². The maximum Gasteiger partial charge on any atom is 0.197 e. The van der Waals surface area contributed by atoms with Crippen molar-refractivity contribution in [3.8, 4) is 22.9 Å². The first-order valence-electron chi connectivity index (χ1n) is 7.92. The molecule has 5 nitrogen and oxygen atoms in total. The highest BCUT2D eigenvalue weighted by Crippen LogP contribution is 2.35. The van der Waals surface area contributed by atoms with E-state index in [0.717, 1.165) is 38.7 Å². The van der Waals surface area contributed by atoms with E-state index in [1.165, 1.54) is 0 Å². The Labute approximate surface area is 138 Å². The fourth-order valence-corrected chi connectivity index (χ4v) is 3.00. The van der Waals surface area contributed by atoms with Gasteiger partial charge in [0.05, 0.1) is 12.0 Å². The molecule has 2 heterocycles. The molecule has 0 aliphatic heterocycles. The van der Waals surface area contributed by atoms with Crippen molar-refractivity contribution in [3.05, 3.63) is 48.7 Å². The Kier molecular flexibility index (Phi) is 3.63. The van der Waals surface area contributed by atoms with E-state index in [4.69, 9.17) is 9.84 Å². The Morgan fingerprint density at radius 1 is 1.04 bits per heavy atom. The molecule has 24 heavy (non-hydrogen) atoms. The number of rotatable bonds is 5. The molecule has 0 saturated heterocycles. The van der Waals surface area contributed by atoms with E-state index in [0.29, 0.717) is 13.0 Å². The van der Waals surface area contributed by atoms with E-state index in [-0.39, 0.29) is 12.5 Å². The van der Waals surface area contributed by atoms with Crippen molar-refractivity contribution in [1.29, 1.82) is 0 Å². The second kappa shape index (κ2) is 5.94. The lowest BCUT2D eigenvalue weighted by Crippen LogP contribution is -1.99. The molecule has 0 atom stereocenters. The largest absolute Gasteiger partial charge is 0.494 e. The summed E-state index contributed by atoms with van der Waals surface area (Å²) in [5.74, 6) is 0.955. The first-order valence-corrected chi connectivity index (χ1v) is 7.92. The zero-order chi connectivity index (χ0) is 16.5. The number of H-pyrrole nitrogens is 2. The Morgan fingerprint density at radius 3 is 2.83 bits per heavy atom. The second-order valence-electron chi connectivity index (χ2n) is 5.76. The first kappa shape index (κ1) is 14.7. The predicted octanol–water partition coefficient (Wildman–Crippen LogP) is 3.78. The van der Waals surface area contributed by atoms with Gasteiger partial charge in [0.25, 0.3) is 0 Å². The summed E-state index contributed by atoms with van der Waals surface area (Å²) in [4.78, 5) is 6.25. The van der Waals surface area contributed by atoms with Crippen LogP contribution in [0.5, 0.6) is 11.6 Å². The summed E-state index contributed by atoms with van der Waals surface area (Å²) in [6, 6.07) is 13.8. The Morgan fingerprint density at radius 2 is 1.96 bits per heavy atom. The van der Waals surface area contributed by atoms with Gasteiger partial charge in [-0.25, -0.2) is 0 Å². The van der Waals surface area contributed by atoms with Crippen LogP contribution in [0.15, 0.2) is 48.7 Å². The highest BCUT2D eigenvalue weighted by molar-refractivity contribution is 6.01. The maximum atomic E-state index is 10.1. The zero-order valence-electron chi connectivity index (χ0n) is 13.0. The molecular formula is C19H18N2O3. The van der Waals surface area contributed by atoms with E-state index in [9.17, 15) is 5.11 Å².